The molecule has 0 saturated heterocycles. The molecule has 0 atom stereocenters. The van der Waals surface area contributed by atoms with Gasteiger partial charge in [0.05, 0.1) is 0 Å². The van der Waals surface area contributed by atoms with Gasteiger partial charge in [0.25, 0.3) is 0 Å². The zero-order chi connectivity index (χ0) is 19.1. The number of nitrogens with one attached hydrogen (secondary N) is 4. The van der Waals surface area contributed by atoms with Gasteiger partial charge in [-0.2, -0.15) is 4.98 Å². The number of carbonyl (C=O) groups is 1. The highest BCUT2D eigenvalue weighted by molar-refractivity contribution is 5.98. The zero-order valence-corrected chi connectivity index (χ0v) is 15.5. The number of amides is 2. The lowest BCUT2D eigenvalue weighted by molar-refractivity contribution is 0.262. The molecular weight excluding hydrogens is 340 g/mol. The number of hydrogen-bond acceptors (Lipinski definition) is 4. The lowest BCUT2D eigenvalue weighted by Crippen LogP contribution is -2.21. The predicted octanol–water partition coefficient (Wildman–Crippen LogP) is 4.11. The summed E-state index contributed by atoms with van der Waals surface area (Å²) in [5.41, 5.74) is 3.86. The van der Waals surface area contributed by atoms with Crippen LogP contribution in [0, 0.1) is 13.8 Å². The van der Waals surface area contributed by atoms with E-state index in [0.29, 0.717) is 5.82 Å². The summed E-state index contributed by atoms with van der Waals surface area (Å²) in [4.78, 5) is 23.9. The van der Waals surface area contributed by atoms with Crippen LogP contribution in [0.4, 0.5) is 22.2 Å². The van der Waals surface area contributed by atoms with Crippen LogP contribution in [-0.4, -0.2) is 27.5 Å². The average Bonchev–Trinajstić information content (AvgIpc) is 3.11. The van der Waals surface area contributed by atoms with E-state index in [1.54, 1.807) is 0 Å². The molecule has 2 amide bonds. The van der Waals surface area contributed by atoms with Gasteiger partial charge in [0.1, 0.15) is 5.82 Å². The standard InChI is InChI=1S/C20H24N6O/c1-14-5-3-7-17(11-14)24-20(27)26-19-23-15(2)12-18(25-19)22-9-4-6-16-8-10-21-13-16/h3,5,7-8,10-13,21H,4,6,9H2,1-2H3,(H3,22,23,24,25,26,27). The van der Waals surface area contributed by atoms with Crippen LogP contribution in [0.25, 0.3) is 0 Å². The van der Waals surface area contributed by atoms with Crippen LogP contribution in [0.2, 0.25) is 0 Å². The Balaban J connectivity index is 1.53. The zero-order valence-electron chi connectivity index (χ0n) is 15.5. The number of H-pyrrole nitrogens is 1. The van der Waals surface area contributed by atoms with Crippen LogP contribution < -0.4 is 16.0 Å². The van der Waals surface area contributed by atoms with Crippen molar-refractivity contribution in [3.8, 4) is 0 Å². The molecule has 0 saturated carbocycles. The van der Waals surface area contributed by atoms with E-state index in [1.807, 2.05) is 56.6 Å². The first-order valence-electron chi connectivity index (χ1n) is 8.94. The largest absolute Gasteiger partial charge is 0.370 e. The summed E-state index contributed by atoms with van der Waals surface area (Å²) in [6, 6.07) is 11.2. The van der Waals surface area contributed by atoms with Crippen molar-refractivity contribution in [1.29, 1.82) is 0 Å². The Morgan fingerprint density at radius 3 is 2.78 bits per heavy atom. The van der Waals surface area contributed by atoms with Crippen LogP contribution in [0.5, 0.6) is 0 Å². The summed E-state index contributed by atoms with van der Waals surface area (Å²) in [5.74, 6) is 0.968. The molecule has 0 aliphatic carbocycles. The quantitative estimate of drug-likeness (QED) is 0.475. The molecule has 3 aromatic rings. The first-order valence-corrected chi connectivity index (χ1v) is 8.94. The maximum absolute atomic E-state index is 12.2. The fourth-order valence-corrected chi connectivity index (χ4v) is 2.72. The molecule has 1 aromatic carbocycles. The molecule has 0 aliphatic rings. The Kier molecular flexibility index (Phi) is 6.04. The number of anilines is 3. The smallest absolute Gasteiger partial charge is 0.326 e. The predicted molar refractivity (Wildman–Crippen MR) is 108 cm³/mol. The number of nitrogens with zero attached hydrogens (tertiary/aromatic N) is 2. The third-order valence-electron chi connectivity index (χ3n) is 3.97. The highest BCUT2D eigenvalue weighted by Crippen LogP contribution is 2.12. The fourth-order valence-electron chi connectivity index (χ4n) is 2.72. The highest BCUT2D eigenvalue weighted by Gasteiger charge is 2.07. The highest BCUT2D eigenvalue weighted by atomic mass is 16.2. The molecule has 0 spiro atoms. The molecule has 3 rings (SSSR count). The maximum atomic E-state index is 12.2. The van der Waals surface area contributed by atoms with Crippen LogP contribution >= 0.6 is 0 Å². The molecule has 27 heavy (non-hydrogen) atoms. The van der Waals surface area contributed by atoms with E-state index < -0.39 is 0 Å². The molecule has 0 aliphatic heterocycles. The summed E-state index contributed by atoms with van der Waals surface area (Å²) < 4.78 is 0. The Morgan fingerprint density at radius 2 is 2.00 bits per heavy atom. The molecule has 0 fully saturated rings. The van der Waals surface area contributed by atoms with Gasteiger partial charge in [0, 0.05) is 36.4 Å². The molecule has 2 aromatic heterocycles. The minimum atomic E-state index is -0.371. The molecule has 0 radical (unpaired) electrons. The number of aromatic amines is 1. The van der Waals surface area contributed by atoms with Crippen LogP contribution in [0.1, 0.15) is 23.2 Å². The number of urea groups is 1. The van der Waals surface area contributed by atoms with Crippen molar-refractivity contribution in [3.63, 3.8) is 0 Å². The van der Waals surface area contributed by atoms with E-state index in [4.69, 9.17) is 0 Å². The van der Waals surface area contributed by atoms with Gasteiger partial charge in [0.15, 0.2) is 0 Å². The lowest BCUT2D eigenvalue weighted by Gasteiger charge is -2.10. The van der Waals surface area contributed by atoms with E-state index in [0.717, 1.165) is 36.3 Å². The summed E-state index contributed by atoms with van der Waals surface area (Å²) in [5, 5.41) is 8.76. The molecule has 0 unspecified atom stereocenters. The lowest BCUT2D eigenvalue weighted by atomic mass is 10.2. The summed E-state index contributed by atoms with van der Waals surface area (Å²) in [6.45, 7) is 4.63. The number of carbonyl (C=O) groups excluding carboxylic acids is 1. The molecule has 2 heterocycles. The van der Waals surface area contributed by atoms with Gasteiger partial charge < -0.3 is 15.6 Å². The van der Waals surface area contributed by atoms with Crippen molar-refractivity contribution in [3.05, 3.63) is 65.6 Å². The second-order valence-electron chi connectivity index (χ2n) is 6.42. The van der Waals surface area contributed by atoms with Crippen molar-refractivity contribution in [2.45, 2.75) is 26.7 Å². The number of hydrogen-bond donors (Lipinski definition) is 4. The van der Waals surface area contributed by atoms with Crippen LogP contribution in [0.15, 0.2) is 48.8 Å². The molecule has 140 valence electrons. The molecule has 7 nitrogen and oxygen atoms in total. The summed E-state index contributed by atoms with van der Waals surface area (Å²) in [6.07, 6.45) is 5.90. The number of benzene rings is 1. The topological polar surface area (TPSA) is 94.7 Å². The van der Waals surface area contributed by atoms with Gasteiger partial charge in [-0.25, -0.2) is 9.78 Å². The van der Waals surface area contributed by atoms with Gasteiger partial charge in [-0.05, 0) is 56.0 Å². The second kappa shape index (κ2) is 8.84. The maximum Gasteiger partial charge on any atom is 0.326 e. The van der Waals surface area contributed by atoms with E-state index in [9.17, 15) is 4.79 Å². The normalized spacial score (nSPS) is 10.4. The Bertz CT molecular complexity index is 891. The van der Waals surface area contributed by atoms with Gasteiger partial charge in [-0.3, -0.25) is 5.32 Å². The molecule has 0 bridgehead atoms. The Hall–Kier alpha value is -3.35. The third-order valence-corrected chi connectivity index (χ3v) is 3.97. The van der Waals surface area contributed by atoms with Gasteiger partial charge in [0.2, 0.25) is 5.95 Å². The van der Waals surface area contributed by atoms with E-state index >= 15 is 0 Å². The van der Waals surface area contributed by atoms with Gasteiger partial charge in [-0.1, -0.05) is 12.1 Å². The monoisotopic (exact) mass is 364 g/mol. The van der Waals surface area contributed by atoms with Crippen LogP contribution in [-0.2, 0) is 6.42 Å². The van der Waals surface area contributed by atoms with Crippen molar-refractivity contribution in [2.24, 2.45) is 0 Å². The van der Waals surface area contributed by atoms with Crippen molar-refractivity contribution < 1.29 is 4.79 Å². The van der Waals surface area contributed by atoms with Crippen molar-refractivity contribution in [2.75, 3.05) is 22.5 Å². The SMILES string of the molecule is Cc1cccc(NC(=O)Nc2nc(C)cc(NCCCc3cc[nH]c3)n2)c1. The summed E-state index contributed by atoms with van der Waals surface area (Å²) in [7, 11) is 0. The summed E-state index contributed by atoms with van der Waals surface area (Å²) >= 11 is 0. The van der Waals surface area contributed by atoms with Crippen molar-refractivity contribution in [1.82, 2.24) is 15.0 Å². The van der Waals surface area contributed by atoms with Gasteiger partial charge in [-0.15, -0.1) is 0 Å². The average molecular weight is 364 g/mol. The van der Waals surface area contributed by atoms with E-state index in [2.05, 4.69) is 37.0 Å². The first-order chi connectivity index (χ1) is 13.1. The number of aromatic nitrogens is 3. The first kappa shape index (κ1) is 18.4. The number of aryl methyl sites for hydroxylation is 3. The molecular formula is C20H24N6O. The van der Waals surface area contributed by atoms with Crippen molar-refractivity contribution >= 4 is 23.5 Å². The van der Waals surface area contributed by atoms with Gasteiger partial charge >= 0.3 is 6.03 Å². The molecule has 7 heteroatoms. The second-order valence-corrected chi connectivity index (χ2v) is 6.42. The van der Waals surface area contributed by atoms with Crippen LogP contribution in [0.3, 0.4) is 0 Å². The minimum Gasteiger partial charge on any atom is -0.370 e. The third kappa shape index (κ3) is 5.85. The van der Waals surface area contributed by atoms with E-state index in [1.165, 1.54) is 5.56 Å². The number of rotatable bonds is 7. The molecule has 4 N–H and O–H groups in total. The van der Waals surface area contributed by atoms with E-state index in [-0.39, 0.29) is 12.0 Å². The fraction of sp³-hybridized carbons (Fsp3) is 0.250. The Labute approximate surface area is 158 Å². The Morgan fingerprint density at radius 1 is 1.11 bits per heavy atom. The minimum absolute atomic E-state index is 0.272.